The molecule has 0 spiro atoms. The number of aliphatic hydroxyl groups is 1. The number of rotatable bonds is 4. The van der Waals surface area contributed by atoms with E-state index in [1.807, 2.05) is 0 Å². The molecule has 0 heterocycles. The summed E-state index contributed by atoms with van der Waals surface area (Å²) in [5, 5.41) is 10.9. The lowest BCUT2D eigenvalue weighted by Gasteiger charge is -2.36. The molecule has 0 bridgehead atoms. The van der Waals surface area contributed by atoms with E-state index < -0.39 is 6.10 Å². The molecule has 1 atom stereocenters. The highest BCUT2D eigenvalue weighted by Crippen LogP contribution is 2.44. The van der Waals surface area contributed by atoms with Crippen LogP contribution in [0.5, 0.6) is 0 Å². The van der Waals surface area contributed by atoms with Crippen molar-refractivity contribution in [3.63, 3.8) is 0 Å². The van der Waals surface area contributed by atoms with E-state index in [-0.39, 0.29) is 5.41 Å². The van der Waals surface area contributed by atoms with Gasteiger partial charge >= 0.3 is 0 Å². The first-order valence-corrected chi connectivity index (χ1v) is 8.07. The maximum atomic E-state index is 10.9. The lowest BCUT2D eigenvalue weighted by Crippen LogP contribution is -2.36. The summed E-state index contributed by atoms with van der Waals surface area (Å²) in [4.78, 5) is 0. The van der Waals surface area contributed by atoms with E-state index in [1.54, 1.807) is 0 Å². The first-order valence-electron chi connectivity index (χ1n) is 8.07. The lowest BCUT2D eigenvalue weighted by atomic mass is 9.73. The molecule has 0 aromatic heterocycles. The van der Waals surface area contributed by atoms with Crippen molar-refractivity contribution in [3.8, 4) is 0 Å². The Kier molecular flexibility index (Phi) is 5.22. The van der Waals surface area contributed by atoms with Gasteiger partial charge in [0.25, 0.3) is 0 Å². The largest absolute Gasteiger partial charge is 0.388 e. The van der Waals surface area contributed by atoms with E-state index in [0.29, 0.717) is 12.5 Å². The standard InChI is InChI=1S/C18H29NO/c1-14(2)15-7-9-16(10-8-15)17(20)18(13-19)11-5-3-4-6-12-18/h7-10,14,17,20H,3-6,11-13,19H2,1-2H3. The summed E-state index contributed by atoms with van der Waals surface area (Å²) < 4.78 is 0. The van der Waals surface area contributed by atoms with Crippen molar-refractivity contribution in [2.75, 3.05) is 6.54 Å². The molecule has 1 unspecified atom stereocenters. The van der Waals surface area contributed by atoms with Crippen molar-refractivity contribution >= 4 is 0 Å². The average Bonchev–Trinajstić information content (AvgIpc) is 2.73. The Bertz CT molecular complexity index is 402. The van der Waals surface area contributed by atoms with Crippen molar-refractivity contribution in [2.24, 2.45) is 11.1 Å². The molecule has 0 radical (unpaired) electrons. The predicted molar refractivity (Wildman–Crippen MR) is 84.7 cm³/mol. The predicted octanol–water partition coefficient (Wildman–Crippen LogP) is 4.14. The Morgan fingerprint density at radius 2 is 1.50 bits per heavy atom. The Morgan fingerprint density at radius 3 is 1.95 bits per heavy atom. The molecule has 112 valence electrons. The van der Waals surface area contributed by atoms with E-state index in [2.05, 4.69) is 38.1 Å². The molecule has 2 heteroatoms. The summed E-state index contributed by atoms with van der Waals surface area (Å²) in [5.74, 6) is 0.530. The van der Waals surface area contributed by atoms with E-state index in [1.165, 1.54) is 31.2 Å². The fourth-order valence-electron chi connectivity index (χ4n) is 3.44. The van der Waals surface area contributed by atoms with Gasteiger partial charge in [-0.1, -0.05) is 63.8 Å². The molecule has 0 amide bonds. The maximum absolute atomic E-state index is 10.9. The molecule has 3 N–H and O–H groups in total. The van der Waals surface area contributed by atoms with Gasteiger partial charge in [0.15, 0.2) is 0 Å². The monoisotopic (exact) mass is 275 g/mol. The van der Waals surface area contributed by atoms with Gasteiger partial charge in [0, 0.05) is 12.0 Å². The Hall–Kier alpha value is -0.860. The zero-order chi connectivity index (χ0) is 14.6. The molecular formula is C18H29NO. The molecule has 2 rings (SSSR count). The molecule has 2 nitrogen and oxygen atoms in total. The van der Waals surface area contributed by atoms with E-state index in [9.17, 15) is 5.11 Å². The van der Waals surface area contributed by atoms with Gasteiger partial charge < -0.3 is 10.8 Å². The lowest BCUT2D eigenvalue weighted by molar-refractivity contribution is 0.0166. The smallest absolute Gasteiger partial charge is 0.0858 e. The van der Waals surface area contributed by atoms with Gasteiger partial charge in [-0.3, -0.25) is 0 Å². The summed E-state index contributed by atoms with van der Waals surface area (Å²) in [6.45, 7) is 4.97. The van der Waals surface area contributed by atoms with Crippen molar-refractivity contribution in [3.05, 3.63) is 35.4 Å². The Balaban J connectivity index is 2.20. The van der Waals surface area contributed by atoms with Crippen LogP contribution in [0.25, 0.3) is 0 Å². The molecule has 0 saturated heterocycles. The van der Waals surface area contributed by atoms with Gasteiger partial charge in [0.05, 0.1) is 6.10 Å². The molecule has 1 aromatic carbocycles. The zero-order valence-electron chi connectivity index (χ0n) is 12.9. The van der Waals surface area contributed by atoms with Crippen LogP contribution in [-0.4, -0.2) is 11.7 Å². The molecule has 1 aromatic rings. The van der Waals surface area contributed by atoms with Crippen molar-refractivity contribution in [2.45, 2.75) is 64.4 Å². The minimum atomic E-state index is -0.424. The number of hydrogen-bond donors (Lipinski definition) is 2. The molecule has 0 aliphatic heterocycles. The SMILES string of the molecule is CC(C)c1ccc(C(O)C2(CN)CCCCCC2)cc1. The maximum Gasteiger partial charge on any atom is 0.0858 e. The fourth-order valence-corrected chi connectivity index (χ4v) is 3.44. The third kappa shape index (κ3) is 3.24. The van der Waals surface area contributed by atoms with Crippen LogP contribution in [0.15, 0.2) is 24.3 Å². The number of aliphatic hydroxyl groups excluding tert-OH is 1. The van der Waals surface area contributed by atoms with E-state index >= 15 is 0 Å². The van der Waals surface area contributed by atoms with Gasteiger partial charge in [-0.15, -0.1) is 0 Å². The highest BCUT2D eigenvalue weighted by Gasteiger charge is 2.37. The van der Waals surface area contributed by atoms with Gasteiger partial charge in [0.2, 0.25) is 0 Å². The third-order valence-corrected chi connectivity index (χ3v) is 5.00. The van der Waals surface area contributed by atoms with Crippen molar-refractivity contribution in [1.82, 2.24) is 0 Å². The van der Waals surface area contributed by atoms with Gasteiger partial charge in [-0.25, -0.2) is 0 Å². The van der Waals surface area contributed by atoms with Crippen LogP contribution in [0.4, 0.5) is 0 Å². The highest BCUT2D eigenvalue weighted by atomic mass is 16.3. The molecule has 1 saturated carbocycles. The molecule has 1 aliphatic rings. The summed E-state index contributed by atoms with van der Waals surface area (Å²) in [6.07, 6.45) is 6.62. The summed E-state index contributed by atoms with van der Waals surface area (Å²) in [5.41, 5.74) is 8.30. The quantitative estimate of drug-likeness (QED) is 0.811. The van der Waals surface area contributed by atoms with Crippen molar-refractivity contribution in [1.29, 1.82) is 0 Å². The topological polar surface area (TPSA) is 46.2 Å². The van der Waals surface area contributed by atoms with Gasteiger partial charge in [-0.05, 0) is 29.9 Å². The number of hydrogen-bond acceptors (Lipinski definition) is 2. The second-order valence-corrected chi connectivity index (χ2v) is 6.70. The highest BCUT2D eigenvalue weighted by molar-refractivity contribution is 5.27. The third-order valence-electron chi connectivity index (χ3n) is 5.00. The number of nitrogens with two attached hydrogens (primary N) is 1. The van der Waals surface area contributed by atoms with Gasteiger partial charge in [-0.2, -0.15) is 0 Å². The normalized spacial score (nSPS) is 20.6. The minimum Gasteiger partial charge on any atom is -0.388 e. The molecular weight excluding hydrogens is 246 g/mol. The Labute approximate surface area is 123 Å². The second kappa shape index (κ2) is 6.73. The molecule has 20 heavy (non-hydrogen) atoms. The fraction of sp³-hybridized carbons (Fsp3) is 0.667. The summed E-state index contributed by atoms with van der Waals surface area (Å²) >= 11 is 0. The summed E-state index contributed by atoms with van der Waals surface area (Å²) in [7, 11) is 0. The van der Waals surface area contributed by atoms with E-state index in [4.69, 9.17) is 5.73 Å². The second-order valence-electron chi connectivity index (χ2n) is 6.70. The van der Waals surface area contributed by atoms with Crippen LogP contribution in [0.2, 0.25) is 0 Å². The van der Waals surface area contributed by atoms with Crippen LogP contribution >= 0.6 is 0 Å². The van der Waals surface area contributed by atoms with Crippen LogP contribution in [-0.2, 0) is 0 Å². The number of benzene rings is 1. The molecule has 1 aliphatic carbocycles. The zero-order valence-corrected chi connectivity index (χ0v) is 12.9. The van der Waals surface area contributed by atoms with Crippen molar-refractivity contribution < 1.29 is 5.11 Å². The van der Waals surface area contributed by atoms with Crippen LogP contribution in [0, 0.1) is 5.41 Å². The first-order chi connectivity index (χ1) is 9.59. The van der Waals surface area contributed by atoms with Gasteiger partial charge in [0.1, 0.15) is 0 Å². The average molecular weight is 275 g/mol. The Morgan fingerprint density at radius 1 is 1.00 bits per heavy atom. The molecule has 1 fully saturated rings. The van der Waals surface area contributed by atoms with Crippen LogP contribution in [0.1, 0.15) is 75.5 Å². The first kappa shape index (κ1) is 15.5. The summed E-state index contributed by atoms with van der Waals surface area (Å²) in [6, 6.07) is 8.46. The van der Waals surface area contributed by atoms with Crippen LogP contribution < -0.4 is 5.73 Å². The minimum absolute atomic E-state index is 0.115. The van der Waals surface area contributed by atoms with E-state index in [0.717, 1.165) is 18.4 Å². The van der Waals surface area contributed by atoms with Crippen LogP contribution in [0.3, 0.4) is 0 Å².